The van der Waals surface area contributed by atoms with Crippen molar-refractivity contribution in [3.05, 3.63) is 0 Å². The van der Waals surface area contributed by atoms with Gasteiger partial charge < -0.3 is 22.7 Å². The largest absolute Gasteiger partial charge is 0.500 e. The van der Waals surface area contributed by atoms with Crippen LogP contribution in [-0.4, -0.2) is 81.6 Å². The molecule has 0 heterocycles. The van der Waals surface area contributed by atoms with Gasteiger partial charge in [0.1, 0.15) is 8.24 Å². The maximum absolute atomic E-state index is 5.47. The van der Waals surface area contributed by atoms with Gasteiger partial charge in [-0.1, -0.05) is 19.6 Å². The molecule has 0 unspecified atom stereocenters. The highest BCUT2D eigenvalue weighted by Crippen LogP contribution is 2.18. The smallest absolute Gasteiger partial charge is 0.377 e. The molecule has 7 heteroatoms. The average Bonchev–Trinajstić information content (AvgIpc) is 2.41. The first-order valence-corrected chi connectivity index (χ1v) is 13.1. The third kappa shape index (κ3) is 8.44. The van der Waals surface area contributed by atoms with Crippen LogP contribution in [0.25, 0.3) is 0 Å². The Balaban J connectivity index is 4.25. The van der Waals surface area contributed by atoms with Gasteiger partial charge in [0.25, 0.3) is 0 Å². The molecule has 5 nitrogen and oxygen atoms in total. The lowest BCUT2D eigenvalue weighted by Crippen LogP contribution is -2.49. The predicted molar refractivity (Wildman–Crippen MR) is 94.3 cm³/mol. The van der Waals surface area contributed by atoms with Crippen LogP contribution < -0.4 is 0 Å². The maximum atomic E-state index is 5.47. The summed E-state index contributed by atoms with van der Waals surface area (Å²) in [6.45, 7) is 10.7. The lowest BCUT2D eigenvalue weighted by atomic mass is 10.3. The fourth-order valence-corrected chi connectivity index (χ4v) is 5.70. The summed E-state index contributed by atoms with van der Waals surface area (Å²) in [5.74, 6) is 0. The zero-order valence-electron chi connectivity index (χ0n) is 15.4. The monoisotopic (exact) mass is 336 g/mol. The molecule has 128 valence electrons. The molecule has 0 radical (unpaired) electrons. The van der Waals surface area contributed by atoms with Gasteiger partial charge in [-0.05, 0) is 33.5 Å². The Hall–Kier alpha value is 0.234. The van der Waals surface area contributed by atoms with Gasteiger partial charge in [-0.3, -0.25) is 0 Å². The molecule has 0 aromatic carbocycles. The number of rotatable bonds is 12. The van der Waals surface area contributed by atoms with E-state index in [0.29, 0.717) is 0 Å². The van der Waals surface area contributed by atoms with E-state index in [-0.39, 0.29) is 0 Å². The number of hydrogen-bond acceptors (Lipinski definition) is 5. The van der Waals surface area contributed by atoms with Crippen LogP contribution in [0.4, 0.5) is 0 Å². The maximum Gasteiger partial charge on any atom is 0.500 e. The van der Waals surface area contributed by atoms with E-state index >= 15 is 0 Å². The molecule has 0 saturated heterocycles. The van der Waals surface area contributed by atoms with E-state index in [1.807, 2.05) is 0 Å². The minimum atomic E-state index is -2.39. The molecular formula is C14H36N2O3Si2. The van der Waals surface area contributed by atoms with Crippen molar-refractivity contribution in [1.29, 1.82) is 0 Å². The minimum absolute atomic E-state index is 0.893. The second-order valence-corrected chi connectivity index (χ2v) is 14.8. The topological polar surface area (TPSA) is 34.2 Å². The van der Waals surface area contributed by atoms with Gasteiger partial charge in [-0.2, -0.15) is 0 Å². The molecule has 0 spiro atoms. The molecule has 0 saturated carbocycles. The van der Waals surface area contributed by atoms with Gasteiger partial charge in [0.2, 0.25) is 0 Å². The Bertz CT molecular complexity index is 261. The van der Waals surface area contributed by atoms with E-state index in [1.54, 1.807) is 21.3 Å². The molecular weight excluding hydrogens is 300 g/mol. The molecule has 0 N–H and O–H groups in total. The van der Waals surface area contributed by atoms with Crippen LogP contribution in [0.1, 0.15) is 12.8 Å². The zero-order chi connectivity index (χ0) is 16.5. The van der Waals surface area contributed by atoms with E-state index in [0.717, 1.165) is 32.1 Å². The van der Waals surface area contributed by atoms with Crippen LogP contribution in [-0.2, 0) is 13.3 Å². The highest BCUT2D eigenvalue weighted by Gasteiger charge is 2.36. The summed E-state index contributed by atoms with van der Waals surface area (Å²) in [5, 5.41) is 0. The number of unbranched alkanes of at least 4 members (excludes halogenated alkanes) is 1. The van der Waals surface area contributed by atoms with E-state index in [1.165, 1.54) is 6.42 Å². The fraction of sp³-hybridized carbons (Fsp3) is 1.00. The first-order chi connectivity index (χ1) is 9.70. The summed E-state index contributed by atoms with van der Waals surface area (Å²) in [6.07, 6.45) is 2.26. The molecule has 21 heavy (non-hydrogen) atoms. The van der Waals surface area contributed by atoms with Crippen molar-refractivity contribution in [3.8, 4) is 0 Å². The Labute approximate surface area is 134 Å². The Morgan fingerprint density at radius 1 is 0.762 bits per heavy atom. The van der Waals surface area contributed by atoms with Crippen LogP contribution in [0.2, 0.25) is 25.7 Å². The standard InChI is InChI=1S/C14H36N2O3Si2/c1-15(2)12-13-16(20(6,7)8)11-9-10-14-21(17-3,18-4)19-5/h9-14H2,1-8H3. The number of likely N-dealkylation sites (N-methyl/N-ethyl adjacent to an activating group) is 1. The van der Waals surface area contributed by atoms with Gasteiger partial charge in [0.15, 0.2) is 0 Å². The minimum Gasteiger partial charge on any atom is -0.377 e. The lowest BCUT2D eigenvalue weighted by molar-refractivity contribution is 0.122. The van der Waals surface area contributed by atoms with Crippen LogP contribution in [0.3, 0.4) is 0 Å². The van der Waals surface area contributed by atoms with E-state index in [2.05, 4.69) is 43.2 Å². The van der Waals surface area contributed by atoms with Crippen LogP contribution >= 0.6 is 0 Å². The number of hydrogen-bond donors (Lipinski definition) is 0. The van der Waals surface area contributed by atoms with E-state index in [9.17, 15) is 0 Å². The van der Waals surface area contributed by atoms with E-state index in [4.69, 9.17) is 13.3 Å². The van der Waals surface area contributed by atoms with Crippen molar-refractivity contribution >= 4 is 17.0 Å². The first-order valence-electron chi connectivity index (χ1n) is 7.76. The molecule has 0 amide bonds. The fourth-order valence-electron chi connectivity index (χ4n) is 2.30. The van der Waals surface area contributed by atoms with Gasteiger partial charge in [-0.25, -0.2) is 0 Å². The van der Waals surface area contributed by atoms with Gasteiger partial charge >= 0.3 is 8.80 Å². The Kier molecular flexibility index (Phi) is 10.2. The summed E-state index contributed by atoms with van der Waals surface area (Å²) < 4.78 is 19.1. The normalized spacial score (nSPS) is 13.4. The summed E-state index contributed by atoms with van der Waals surface area (Å²) in [4.78, 5) is 2.26. The molecule has 0 aliphatic rings. The van der Waals surface area contributed by atoms with Crippen LogP contribution in [0.5, 0.6) is 0 Å². The quantitative estimate of drug-likeness (QED) is 0.404. The molecule has 0 rings (SSSR count). The van der Waals surface area contributed by atoms with Crippen molar-refractivity contribution in [3.63, 3.8) is 0 Å². The molecule has 0 aromatic heterocycles. The van der Waals surface area contributed by atoms with Gasteiger partial charge in [-0.15, -0.1) is 0 Å². The van der Waals surface area contributed by atoms with Crippen molar-refractivity contribution in [2.75, 3.05) is 55.1 Å². The molecule has 0 aromatic rings. The van der Waals surface area contributed by atoms with Gasteiger partial charge in [0.05, 0.1) is 0 Å². The molecule has 0 bridgehead atoms. The summed E-state index contributed by atoms with van der Waals surface area (Å²) in [6, 6.07) is 0.893. The van der Waals surface area contributed by atoms with Crippen molar-refractivity contribution in [1.82, 2.24) is 9.47 Å². The average molecular weight is 337 g/mol. The summed E-state index contributed by atoms with van der Waals surface area (Å²) in [5.41, 5.74) is 0. The molecule has 0 aliphatic carbocycles. The molecule has 0 aliphatic heterocycles. The SMILES string of the molecule is CO[Si](CCCCN(CCN(C)C)[Si](C)(C)C)(OC)OC. The lowest BCUT2D eigenvalue weighted by Gasteiger charge is -2.35. The highest BCUT2D eigenvalue weighted by atomic mass is 28.4. The van der Waals surface area contributed by atoms with Crippen molar-refractivity contribution in [2.24, 2.45) is 0 Å². The Morgan fingerprint density at radius 3 is 1.67 bits per heavy atom. The van der Waals surface area contributed by atoms with Crippen LogP contribution in [0.15, 0.2) is 0 Å². The summed E-state index contributed by atoms with van der Waals surface area (Å²) in [7, 11) is 5.69. The summed E-state index contributed by atoms with van der Waals surface area (Å²) >= 11 is 0. The second-order valence-electron chi connectivity index (χ2n) is 6.71. The first kappa shape index (κ1) is 21.2. The van der Waals surface area contributed by atoms with Gasteiger partial charge in [0, 0.05) is 40.5 Å². The second kappa shape index (κ2) is 10.1. The third-order valence-electron chi connectivity index (χ3n) is 3.86. The Morgan fingerprint density at radius 2 is 1.29 bits per heavy atom. The number of nitrogens with zero attached hydrogens (tertiary/aromatic N) is 2. The van der Waals surface area contributed by atoms with E-state index < -0.39 is 17.0 Å². The van der Waals surface area contributed by atoms with Crippen LogP contribution in [0, 0.1) is 0 Å². The van der Waals surface area contributed by atoms with Crippen molar-refractivity contribution < 1.29 is 13.3 Å². The zero-order valence-corrected chi connectivity index (χ0v) is 17.4. The molecule has 0 atom stereocenters. The van der Waals surface area contributed by atoms with Crippen molar-refractivity contribution in [2.45, 2.75) is 38.5 Å². The third-order valence-corrected chi connectivity index (χ3v) is 9.04. The molecule has 0 fully saturated rings. The predicted octanol–water partition coefficient (Wildman–Crippen LogP) is 2.34. The highest BCUT2D eigenvalue weighted by molar-refractivity contribution is 6.73.